The molecular weight excluding hydrogens is 542 g/mol. The molecule has 0 bridgehead atoms. The molecule has 6 rings (SSSR count). The Hall–Kier alpha value is -3.92. The Labute approximate surface area is 243 Å². The average Bonchev–Trinajstić information content (AvgIpc) is 3.42. The minimum atomic E-state index is -0.289. The molecule has 5 aromatic rings. The number of nitrogens with zero attached hydrogens (tertiary/aromatic N) is 6. The molecule has 8 nitrogen and oxygen atoms in total. The van der Waals surface area contributed by atoms with Crippen LogP contribution in [0.3, 0.4) is 0 Å². The highest BCUT2D eigenvalue weighted by Gasteiger charge is 2.23. The van der Waals surface area contributed by atoms with Gasteiger partial charge in [-0.05, 0) is 38.1 Å². The maximum Gasteiger partial charge on any atom is 0.274 e. The number of piperazine rings is 1. The highest BCUT2D eigenvalue weighted by molar-refractivity contribution is 7.21. The lowest BCUT2D eigenvalue weighted by Crippen LogP contribution is -2.49. The van der Waals surface area contributed by atoms with Crippen LogP contribution < -0.4 is 10.2 Å². The largest absolute Gasteiger partial charge is 0.354 e. The van der Waals surface area contributed by atoms with Crippen molar-refractivity contribution in [2.24, 2.45) is 0 Å². The van der Waals surface area contributed by atoms with E-state index in [1.807, 2.05) is 66.7 Å². The van der Waals surface area contributed by atoms with E-state index in [2.05, 4.69) is 33.9 Å². The first-order valence-corrected chi connectivity index (χ1v) is 13.9. The topological polar surface area (TPSA) is 87.1 Å². The van der Waals surface area contributed by atoms with Gasteiger partial charge in [0.15, 0.2) is 5.82 Å². The van der Waals surface area contributed by atoms with Gasteiger partial charge in [-0.2, -0.15) is 0 Å². The fraction of sp³-hybridized carbons (Fsp3) is 0.233. The molecule has 1 aliphatic rings. The lowest BCUT2D eigenvalue weighted by atomic mass is 10.1. The van der Waals surface area contributed by atoms with E-state index in [4.69, 9.17) is 15.0 Å². The Morgan fingerprint density at radius 1 is 0.900 bits per heavy atom. The van der Waals surface area contributed by atoms with Crippen LogP contribution in [-0.2, 0) is 0 Å². The van der Waals surface area contributed by atoms with Gasteiger partial charge in [-0.15, -0.1) is 12.4 Å². The molecule has 1 aliphatic heterocycles. The molecule has 0 aliphatic carbocycles. The van der Waals surface area contributed by atoms with Crippen LogP contribution in [0.2, 0.25) is 0 Å². The number of nitrogens with one attached hydrogen (secondary N) is 1. The van der Waals surface area contributed by atoms with E-state index >= 15 is 0 Å². The lowest BCUT2D eigenvalue weighted by Gasteiger charge is -2.37. The number of anilines is 2. The van der Waals surface area contributed by atoms with Crippen molar-refractivity contribution < 1.29 is 4.79 Å². The fourth-order valence-corrected chi connectivity index (χ4v) is 5.69. The summed E-state index contributed by atoms with van der Waals surface area (Å²) in [5.74, 6) is 1.02. The summed E-state index contributed by atoms with van der Waals surface area (Å²) in [7, 11) is 0. The second kappa shape index (κ2) is 12.1. The predicted molar refractivity (Wildman–Crippen MR) is 164 cm³/mol. The standard InChI is InChI=1S/C30H29N7OS.ClH/c1-20(2)36-15-17-37(18-16-36)26-19-25(32-27(35-26)21-9-4-3-5-10-21)28(38)33-23-12-7-6-11-22(23)29-34-24-13-8-14-31-30(24)39-29;/h3-14,19-20H,15-18H2,1-2H3,(H,33,38);1H. The molecule has 0 atom stereocenters. The van der Waals surface area contributed by atoms with Gasteiger partial charge in [0.25, 0.3) is 5.91 Å². The van der Waals surface area contributed by atoms with Crippen molar-refractivity contribution in [1.29, 1.82) is 0 Å². The number of halogens is 1. The summed E-state index contributed by atoms with van der Waals surface area (Å²) in [5, 5.41) is 3.89. The molecule has 3 aromatic heterocycles. The van der Waals surface area contributed by atoms with E-state index in [1.54, 1.807) is 12.3 Å². The number of amides is 1. The molecule has 0 saturated carbocycles. The maximum atomic E-state index is 13.7. The van der Waals surface area contributed by atoms with Gasteiger partial charge >= 0.3 is 0 Å². The molecule has 1 saturated heterocycles. The number of pyridine rings is 1. The summed E-state index contributed by atoms with van der Waals surface area (Å²) < 4.78 is 0. The number of carbonyl (C=O) groups is 1. The first-order valence-electron chi connectivity index (χ1n) is 13.1. The van der Waals surface area contributed by atoms with Gasteiger partial charge in [-0.1, -0.05) is 53.8 Å². The molecule has 0 spiro atoms. The van der Waals surface area contributed by atoms with E-state index < -0.39 is 0 Å². The van der Waals surface area contributed by atoms with E-state index in [-0.39, 0.29) is 18.3 Å². The SMILES string of the molecule is CC(C)N1CCN(c2cc(C(=O)Nc3ccccc3-c3nc4cccnc4s3)nc(-c3ccccc3)n2)CC1.Cl. The monoisotopic (exact) mass is 571 g/mol. The molecule has 204 valence electrons. The van der Waals surface area contributed by atoms with E-state index in [0.29, 0.717) is 23.2 Å². The Balaban J connectivity index is 0.00000323. The third-order valence-corrected chi connectivity index (χ3v) is 7.93. The van der Waals surface area contributed by atoms with E-state index in [9.17, 15) is 4.79 Å². The first-order chi connectivity index (χ1) is 19.0. The fourth-order valence-electron chi connectivity index (χ4n) is 4.75. The number of hydrogen-bond acceptors (Lipinski definition) is 8. The molecule has 4 heterocycles. The predicted octanol–water partition coefficient (Wildman–Crippen LogP) is 6.02. The van der Waals surface area contributed by atoms with E-state index in [0.717, 1.165) is 58.5 Å². The molecule has 40 heavy (non-hydrogen) atoms. The molecule has 1 N–H and O–H groups in total. The summed E-state index contributed by atoms with van der Waals surface area (Å²) in [4.78, 5) is 38.0. The van der Waals surface area contributed by atoms with Crippen molar-refractivity contribution in [3.8, 4) is 22.0 Å². The molecule has 10 heteroatoms. The number of aromatic nitrogens is 4. The zero-order chi connectivity index (χ0) is 26.8. The van der Waals surface area contributed by atoms with Crippen molar-refractivity contribution in [2.45, 2.75) is 19.9 Å². The summed E-state index contributed by atoms with van der Waals surface area (Å²) in [6.45, 7) is 8.04. The number of para-hydroxylation sites is 1. The van der Waals surface area contributed by atoms with Crippen LogP contribution in [0.5, 0.6) is 0 Å². The van der Waals surface area contributed by atoms with Crippen LogP contribution >= 0.6 is 23.7 Å². The smallest absolute Gasteiger partial charge is 0.274 e. The average molecular weight is 572 g/mol. The summed E-state index contributed by atoms with van der Waals surface area (Å²) in [6, 6.07) is 23.6. The molecule has 1 amide bonds. The minimum absolute atomic E-state index is 0. The van der Waals surface area contributed by atoms with E-state index in [1.165, 1.54) is 11.3 Å². The zero-order valence-corrected chi connectivity index (χ0v) is 24.0. The van der Waals surface area contributed by atoms with Gasteiger partial charge in [0.05, 0.1) is 5.69 Å². The number of carbonyl (C=O) groups excluding carboxylic acids is 1. The second-order valence-electron chi connectivity index (χ2n) is 9.76. The Morgan fingerprint density at radius 3 is 2.40 bits per heavy atom. The molecule has 0 radical (unpaired) electrons. The summed E-state index contributed by atoms with van der Waals surface area (Å²) >= 11 is 1.50. The van der Waals surface area contributed by atoms with Crippen LogP contribution in [0, 0.1) is 0 Å². The Kier molecular flexibility index (Phi) is 8.35. The summed E-state index contributed by atoms with van der Waals surface area (Å²) in [5.41, 5.74) is 3.55. The van der Waals surface area contributed by atoms with Gasteiger partial charge in [0.1, 0.15) is 26.9 Å². The number of thiazole rings is 1. The van der Waals surface area contributed by atoms with Crippen molar-refractivity contribution in [3.63, 3.8) is 0 Å². The quantitative estimate of drug-likeness (QED) is 0.267. The van der Waals surface area contributed by atoms with Crippen molar-refractivity contribution >= 4 is 51.5 Å². The van der Waals surface area contributed by atoms with Crippen molar-refractivity contribution in [3.05, 3.63) is 84.7 Å². The van der Waals surface area contributed by atoms with Crippen LogP contribution in [0.15, 0.2) is 79.0 Å². The number of hydrogen-bond donors (Lipinski definition) is 1. The number of rotatable bonds is 6. The van der Waals surface area contributed by atoms with Crippen LogP contribution in [0.25, 0.3) is 32.3 Å². The van der Waals surface area contributed by atoms with Gasteiger partial charge in [0, 0.05) is 55.6 Å². The van der Waals surface area contributed by atoms with Gasteiger partial charge in [-0.25, -0.2) is 19.9 Å². The summed E-state index contributed by atoms with van der Waals surface area (Å²) in [6.07, 6.45) is 1.76. The highest BCUT2D eigenvalue weighted by Crippen LogP contribution is 2.34. The lowest BCUT2D eigenvalue weighted by molar-refractivity contribution is 0.102. The van der Waals surface area contributed by atoms with Gasteiger partial charge in [-0.3, -0.25) is 9.69 Å². The number of benzene rings is 2. The number of fused-ring (bicyclic) bond motifs is 1. The second-order valence-corrected chi connectivity index (χ2v) is 10.7. The highest BCUT2D eigenvalue weighted by atomic mass is 35.5. The molecule has 1 fully saturated rings. The first kappa shape index (κ1) is 27.6. The molecule has 2 aromatic carbocycles. The molecular formula is C30H30ClN7OS. The Morgan fingerprint density at radius 2 is 1.65 bits per heavy atom. The third kappa shape index (κ3) is 5.82. The van der Waals surface area contributed by atoms with Gasteiger partial charge in [0.2, 0.25) is 0 Å². The molecule has 0 unspecified atom stereocenters. The van der Waals surface area contributed by atoms with Crippen molar-refractivity contribution in [2.75, 3.05) is 36.4 Å². The van der Waals surface area contributed by atoms with Crippen molar-refractivity contribution in [1.82, 2.24) is 24.8 Å². The van der Waals surface area contributed by atoms with Crippen LogP contribution in [0.1, 0.15) is 24.3 Å². The minimum Gasteiger partial charge on any atom is -0.354 e. The van der Waals surface area contributed by atoms with Gasteiger partial charge < -0.3 is 10.2 Å². The maximum absolute atomic E-state index is 13.7. The Bertz CT molecular complexity index is 1580. The normalized spacial score (nSPS) is 13.8. The van der Waals surface area contributed by atoms with Crippen LogP contribution in [0.4, 0.5) is 11.5 Å². The van der Waals surface area contributed by atoms with Crippen LogP contribution in [-0.4, -0.2) is 63.0 Å². The zero-order valence-electron chi connectivity index (χ0n) is 22.3. The third-order valence-electron chi connectivity index (χ3n) is 6.92.